The number of hydrogen-bond acceptors (Lipinski definition) is 4. The van der Waals surface area contributed by atoms with Gasteiger partial charge in [-0.15, -0.1) is 0 Å². The Morgan fingerprint density at radius 3 is 2.43 bits per heavy atom. The maximum absolute atomic E-state index is 12.7. The number of amides is 1. The van der Waals surface area contributed by atoms with Crippen molar-refractivity contribution < 1.29 is 13.2 Å². The van der Waals surface area contributed by atoms with Crippen LogP contribution < -0.4 is 0 Å². The molecule has 1 aromatic rings. The molecular formula is C17H26N2O3S. The highest BCUT2D eigenvalue weighted by Crippen LogP contribution is 2.17. The second-order valence-electron chi connectivity index (χ2n) is 6.57. The number of rotatable bonds is 6. The zero-order valence-electron chi connectivity index (χ0n) is 14.1. The molecular weight excluding hydrogens is 312 g/mol. The third-order valence-electron chi connectivity index (χ3n) is 4.36. The lowest BCUT2D eigenvalue weighted by atomic mass is 10.1. The average Bonchev–Trinajstić information content (AvgIpc) is 2.85. The predicted molar refractivity (Wildman–Crippen MR) is 91.8 cm³/mol. The van der Waals surface area contributed by atoms with Crippen LogP contribution in [0.25, 0.3) is 0 Å². The van der Waals surface area contributed by atoms with E-state index < -0.39 is 9.84 Å². The molecule has 5 nitrogen and oxygen atoms in total. The van der Waals surface area contributed by atoms with Crippen LogP contribution in [0.5, 0.6) is 0 Å². The van der Waals surface area contributed by atoms with E-state index in [4.69, 9.17) is 0 Å². The smallest absolute Gasteiger partial charge is 0.237 e. The minimum atomic E-state index is -2.93. The molecule has 6 heteroatoms. The van der Waals surface area contributed by atoms with Crippen molar-refractivity contribution in [3.63, 3.8) is 0 Å². The highest BCUT2D eigenvalue weighted by atomic mass is 32.2. The number of benzene rings is 1. The van der Waals surface area contributed by atoms with Gasteiger partial charge in [-0.2, -0.15) is 0 Å². The lowest BCUT2D eigenvalue weighted by molar-refractivity contribution is -0.134. The molecule has 0 saturated carbocycles. The Kier molecular flexibility index (Phi) is 5.81. The molecule has 1 heterocycles. The van der Waals surface area contributed by atoms with E-state index in [1.54, 1.807) is 0 Å². The first-order chi connectivity index (χ1) is 10.8. The van der Waals surface area contributed by atoms with Crippen molar-refractivity contribution in [3.05, 3.63) is 35.9 Å². The number of nitrogens with zero attached hydrogens (tertiary/aromatic N) is 2. The number of hydrogen-bond donors (Lipinski definition) is 0. The van der Waals surface area contributed by atoms with Gasteiger partial charge in [-0.3, -0.25) is 9.69 Å². The summed E-state index contributed by atoms with van der Waals surface area (Å²) >= 11 is 0. The van der Waals surface area contributed by atoms with E-state index >= 15 is 0 Å². The maximum Gasteiger partial charge on any atom is 0.237 e. The molecule has 1 aliphatic heterocycles. The fourth-order valence-corrected chi connectivity index (χ4v) is 4.70. The lowest BCUT2D eigenvalue weighted by Gasteiger charge is -2.30. The van der Waals surface area contributed by atoms with Gasteiger partial charge in [-0.1, -0.05) is 30.3 Å². The average molecular weight is 338 g/mol. The molecule has 0 N–H and O–H groups in total. The Labute approximate surface area is 139 Å². The summed E-state index contributed by atoms with van der Waals surface area (Å²) in [7, 11) is -1.09. The van der Waals surface area contributed by atoms with Crippen molar-refractivity contribution in [2.45, 2.75) is 38.9 Å². The van der Waals surface area contributed by atoms with E-state index in [1.807, 2.05) is 61.0 Å². The second kappa shape index (κ2) is 7.45. The number of carbonyl (C=O) groups excluding carboxylic acids is 1. The third-order valence-corrected chi connectivity index (χ3v) is 6.11. The molecule has 1 unspecified atom stereocenters. The first kappa shape index (κ1) is 17.9. The summed E-state index contributed by atoms with van der Waals surface area (Å²) in [5, 5.41) is 0. The van der Waals surface area contributed by atoms with E-state index in [0.717, 1.165) is 5.56 Å². The molecule has 1 saturated heterocycles. The van der Waals surface area contributed by atoms with Gasteiger partial charge in [-0.05, 0) is 32.9 Å². The van der Waals surface area contributed by atoms with Gasteiger partial charge in [0.2, 0.25) is 5.91 Å². The summed E-state index contributed by atoms with van der Waals surface area (Å²) in [6.07, 6.45) is 0.618. The summed E-state index contributed by atoms with van der Waals surface area (Å²) in [4.78, 5) is 16.4. The Bertz CT molecular complexity index is 628. The first-order valence-electron chi connectivity index (χ1n) is 8.02. The summed E-state index contributed by atoms with van der Waals surface area (Å²) in [6.45, 7) is 4.83. The normalized spacial score (nSPS) is 20.1. The molecule has 0 spiro atoms. The van der Waals surface area contributed by atoms with Crippen LogP contribution in [0.15, 0.2) is 30.3 Å². The quantitative estimate of drug-likeness (QED) is 0.789. The van der Waals surface area contributed by atoms with Crippen LogP contribution in [0.2, 0.25) is 0 Å². The summed E-state index contributed by atoms with van der Waals surface area (Å²) in [6, 6.07) is 9.96. The maximum atomic E-state index is 12.7. The second-order valence-corrected chi connectivity index (χ2v) is 8.80. The van der Waals surface area contributed by atoms with Crippen LogP contribution in [0.4, 0.5) is 0 Å². The fraction of sp³-hybridized carbons (Fsp3) is 0.588. The molecule has 0 bridgehead atoms. The van der Waals surface area contributed by atoms with Crippen molar-refractivity contribution in [2.24, 2.45) is 0 Å². The number of carbonyl (C=O) groups is 1. The monoisotopic (exact) mass is 338 g/mol. The van der Waals surface area contributed by atoms with Gasteiger partial charge in [0, 0.05) is 18.6 Å². The van der Waals surface area contributed by atoms with E-state index in [9.17, 15) is 13.2 Å². The van der Waals surface area contributed by atoms with Gasteiger partial charge in [0.25, 0.3) is 0 Å². The zero-order chi connectivity index (χ0) is 17.0. The van der Waals surface area contributed by atoms with Crippen LogP contribution in [0, 0.1) is 0 Å². The standard InChI is InChI=1S/C17H26N2O3S/c1-14(2)19(11-15-7-5-4-6-8-15)17(20)12-18(3)16-9-10-23(21,22)13-16/h4-8,14,16H,9-13H2,1-3H3. The summed E-state index contributed by atoms with van der Waals surface area (Å²) in [5.41, 5.74) is 1.10. The predicted octanol–water partition coefficient (Wildman–Crippen LogP) is 1.54. The van der Waals surface area contributed by atoms with E-state index in [1.165, 1.54) is 0 Å². The molecule has 2 rings (SSSR count). The van der Waals surface area contributed by atoms with Crippen LogP contribution in [0.3, 0.4) is 0 Å². The molecule has 0 aromatic heterocycles. The molecule has 1 fully saturated rings. The minimum absolute atomic E-state index is 0.0376. The van der Waals surface area contributed by atoms with E-state index in [-0.39, 0.29) is 36.0 Å². The van der Waals surface area contributed by atoms with Gasteiger partial charge in [0.15, 0.2) is 9.84 Å². The SMILES string of the molecule is CC(C)N(Cc1ccccc1)C(=O)CN(C)C1CCS(=O)(=O)C1. The van der Waals surface area contributed by atoms with Gasteiger partial charge in [0.05, 0.1) is 18.1 Å². The van der Waals surface area contributed by atoms with Crippen molar-refractivity contribution in [2.75, 3.05) is 25.1 Å². The van der Waals surface area contributed by atoms with Crippen LogP contribution in [-0.4, -0.2) is 61.3 Å². The van der Waals surface area contributed by atoms with Crippen molar-refractivity contribution >= 4 is 15.7 Å². The Morgan fingerprint density at radius 1 is 1.26 bits per heavy atom. The Morgan fingerprint density at radius 2 is 1.91 bits per heavy atom. The molecule has 1 atom stereocenters. The Hall–Kier alpha value is -1.40. The molecule has 1 amide bonds. The van der Waals surface area contributed by atoms with Crippen LogP contribution in [0.1, 0.15) is 25.8 Å². The minimum Gasteiger partial charge on any atom is -0.335 e. The number of likely N-dealkylation sites (N-methyl/N-ethyl adjacent to an activating group) is 1. The van der Waals surface area contributed by atoms with Gasteiger partial charge in [0.1, 0.15) is 0 Å². The summed E-state index contributed by atoms with van der Waals surface area (Å²) < 4.78 is 23.2. The molecule has 23 heavy (non-hydrogen) atoms. The lowest BCUT2D eigenvalue weighted by Crippen LogP contribution is -2.45. The van der Waals surface area contributed by atoms with Crippen LogP contribution in [-0.2, 0) is 21.2 Å². The highest BCUT2D eigenvalue weighted by Gasteiger charge is 2.32. The highest BCUT2D eigenvalue weighted by molar-refractivity contribution is 7.91. The van der Waals surface area contributed by atoms with Gasteiger partial charge in [-0.25, -0.2) is 8.42 Å². The van der Waals surface area contributed by atoms with E-state index in [2.05, 4.69) is 0 Å². The van der Waals surface area contributed by atoms with Crippen molar-refractivity contribution in [3.8, 4) is 0 Å². The van der Waals surface area contributed by atoms with Gasteiger partial charge >= 0.3 is 0 Å². The molecule has 1 aliphatic rings. The van der Waals surface area contributed by atoms with Crippen molar-refractivity contribution in [1.29, 1.82) is 0 Å². The van der Waals surface area contributed by atoms with Gasteiger partial charge < -0.3 is 4.90 Å². The van der Waals surface area contributed by atoms with Crippen LogP contribution >= 0.6 is 0 Å². The largest absolute Gasteiger partial charge is 0.335 e. The third kappa shape index (κ3) is 5.04. The van der Waals surface area contributed by atoms with Crippen molar-refractivity contribution in [1.82, 2.24) is 9.80 Å². The molecule has 128 valence electrons. The zero-order valence-corrected chi connectivity index (χ0v) is 14.9. The Balaban J connectivity index is 1.98. The summed E-state index contributed by atoms with van der Waals surface area (Å²) in [5.74, 6) is 0.432. The molecule has 0 radical (unpaired) electrons. The topological polar surface area (TPSA) is 57.7 Å². The molecule has 1 aromatic carbocycles. The fourth-order valence-electron chi connectivity index (χ4n) is 2.90. The molecule has 0 aliphatic carbocycles. The number of sulfone groups is 1. The van der Waals surface area contributed by atoms with E-state index in [0.29, 0.717) is 13.0 Å². The first-order valence-corrected chi connectivity index (χ1v) is 9.84.